The lowest BCUT2D eigenvalue weighted by atomic mass is 9.96. The zero-order valence-electron chi connectivity index (χ0n) is 34.5. The average Bonchev–Trinajstić information content (AvgIpc) is 4.08. The van der Waals surface area contributed by atoms with Crippen LogP contribution in [0.1, 0.15) is 90.0 Å². The van der Waals surface area contributed by atoms with Gasteiger partial charge in [-0.3, -0.25) is 14.5 Å². The van der Waals surface area contributed by atoms with Crippen LogP contribution in [-0.4, -0.2) is 115 Å². The number of nitrogens with zero attached hydrogens (tertiary/aromatic N) is 5. The maximum Gasteiger partial charge on any atom is 0.408 e. The SMILES string of the molecule is COC(=O)N[C@H](C(=O)N1CCC[C@H]1c1nc(-c2ccc(-c3ccc(-c4c[nH]c([C@@H]5CCCN5C(=O)[C@H](C(C)C)N(C(=O)O)C5CCOCC5)n4)cc3)cc2)c[nH]1)C(C)C. The third kappa shape index (κ3) is 8.85. The Hall–Kier alpha value is -5.70. The Morgan fingerprint density at radius 2 is 1.22 bits per heavy atom. The highest BCUT2D eigenvalue weighted by Gasteiger charge is 2.43. The van der Waals surface area contributed by atoms with Crippen LogP contribution in [0.15, 0.2) is 60.9 Å². The highest BCUT2D eigenvalue weighted by atomic mass is 16.5. The van der Waals surface area contributed by atoms with Gasteiger partial charge in [0, 0.05) is 55.9 Å². The van der Waals surface area contributed by atoms with Crippen molar-refractivity contribution in [2.45, 2.75) is 96.4 Å². The molecule has 15 heteroatoms. The minimum atomic E-state index is -1.07. The van der Waals surface area contributed by atoms with E-state index >= 15 is 0 Å². The van der Waals surface area contributed by atoms with Crippen LogP contribution >= 0.6 is 0 Å². The van der Waals surface area contributed by atoms with Crippen LogP contribution < -0.4 is 5.32 Å². The molecule has 59 heavy (non-hydrogen) atoms. The van der Waals surface area contributed by atoms with E-state index in [-0.39, 0.29) is 41.8 Å². The van der Waals surface area contributed by atoms with E-state index in [0.29, 0.717) is 45.0 Å². The summed E-state index contributed by atoms with van der Waals surface area (Å²) in [4.78, 5) is 73.7. The largest absolute Gasteiger partial charge is 0.465 e. The molecule has 4 aromatic rings. The van der Waals surface area contributed by atoms with Gasteiger partial charge < -0.3 is 39.7 Å². The molecule has 0 bridgehead atoms. The Bertz CT molecular complexity index is 2090. The Labute approximate surface area is 344 Å². The van der Waals surface area contributed by atoms with Gasteiger partial charge in [0.2, 0.25) is 11.8 Å². The number of hydrogen-bond donors (Lipinski definition) is 4. The number of rotatable bonds is 12. The molecule has 7 rings (SSSR count). The molecular weight excluding hydrogens is 753 g/mol. The number of aromatic nitrogens is 4. The summed E-state index contributed by atoms with van der Waals surface area (Å²) < 4.78 is 10.2. The zero-order chi connectivity index (χ0) is 41.8. The molecule has 2 aromatic carbocycles. The fourth-order valence-electron chi connectivity index (χ4n) is 8.85. The summed E-state index contributed by atoms with van der Waals surface area (Å²) in [6, 6.07) is 14.2. The summed E-state index contributed by atoms with van der Waals surface area (Å²) in [6.07, 6.45) is 6.37. The predicted octanol–water partition coefficient (Wildman–Crippen LogP) is 7.03. The monoisotopic (exact) mass is 808 g/mol. The number of amides is 4. The smallest absolute Gasteiger partial charge is 0.408 e. The van der Waals surface area contributed by atoms with Crippen LogP contribution in [0.3, 0.4) is 0 Å². The lowest BCUT2D eigenvalue weighted by Crippen LogP contribution is -2.57. The first kappa shape index (κ1) is 41.5. The molecule has 5 heterocycles. The van der Waals surface area contributed by atoms with Gasteiger partial charge in [-0.05, 0) is 61.5 Å². The summed E-state index contributed by atoms with van der Waals surface area (Å²) in [5.74, 6) is 0.795. The van der Waals surface area contributed by atoms with Crippen LogP contribution in [0.5, 0.6) is 0 Å². The van der Waals surface area contributed by atoms with E-state index in [4.69, 9.17) is 19.4 Å². The highest BCUT2D eigenvalue weighted by molar-refractivity contribution is 5.87. The fourth-order valence-corrected chi connectivity index (χ4v) is 8.85. The van der Waals surface area contributed by atoms with Gasteiger partial charge in [-0.2, -0.15) is 0 Å². The third-order valence-corrected chi connectivity index (χ3v) is 12.0. The van der Waals surface area contributed by atoms with Crippen molar-refractivity contribution in [3.05, 3.63) is 72.6 Å². The number of methoxy groups -OCH3 is 1. The topological polar surface area (TPSA) is 186 Å². The number of H-pyrrole nitrogens is 2. The summed E-state index contributed by atoms with van der Waals surface area (Å²) in [7, 11) is 1.29. The molecule has 2 aromatic heterocycles. The molecule has 0 spiro atoms. The Balaban J connectivity index is 1.01. The van der Waals surface area contributed by atoms with Gasteiger partial charge in [-0.1, -0.05) is 76.2 Å². The normalized spacial score (nSPS) is 19.6. The average molecular weight is 809 g/mol. The molecule has 0 aliphatic carbocycles. The second-order valence-electron chi connectivity index (χ2n) is 16.5. The quantitative estimate of drug-likeness (QED) is 0.117. The summed E-state index contributed by atoms with van der Waals surface area (Å²) >= 11 is 0. The van der Waals surface area contributed by atoms with E-state index in [1.165, 1.54) is 12.0 Å². The number of carboxylic acid groups (broad SMARTS) is 1. The molecule has 0 unspecified atom stereocenters. The van der Waals surface area contributed by atoms with Crippen molar-refractivity contribution in [3.63, 3.8) is 0 Å². The maximum absolute atomic E-state index is 14.2. The lowest BCUT2D eigenvalue weighted by molar-refractivity contribution is -0.141. The number of hydrogen-bond acceptors (Lipinski definition) is 8. The molecule has 3 aliphatic rings. The third-order valence-electron chi connectivity index (χ3n) is 12.0. The Kier molecular flexibility index (Phi) is 12.7. The van der Waals surface area contributed by atoms with Gasteiger partial charge in [0.05, 0.1) is 30.6 Å². The van der Waals surface area contributed by atoms with E-state index in [0.717, 1.165) is 65.1 Å². The van der Waals surface area contributed by atoms with Gasteiger partial charge in [0.15, 0.2) is 0 Å². The number of carbonyl (C=O) groups is 4. The molecule has 4 amide bonds. The summed E-state index contributed by atoms with van der Waals surface area (Å²) in [5, 5.41) is 13.0. The second kappa shape index (κ2) is 18.1. The van der Waals surface area contributed by atoms with Crippen LogP contribution in [0.2, 0.25) is 0 Å². The number of nitrogens with one attached hydrogen (secondary N) is 3. The molecular formula is C44H56N8O7. The Morgan fingerprint density at radius 1 is 0.746 bits per heavy atom. The van der Waals surface area contributed by atoms with Gasteiger partial charge in [0.25, 0.3) is 0 Å². The predicted molar refractivity (Wildman–Crippen MR) is 221 cm³/mol. The van der Waals surface area contributed by atoms with Gasteiger partial charge >= 0.3 is 12.2 Å². The van der Waals surface area contributed by atoms with Gasteiger partial charge in [-0.25, -0.2) is 19.6 Å². The summed E-state index contributed by atoms with van der Waals surface area (Å²) in [5.41, 5.74) is 5.51. The van der Waals surface area contributed by atoms with Crippen LogP contribution in [-0.2, 0) is 19.1 Å². The number of ether oxygens (including phenoxy) is 2. The number of benzene rings is 2. The minimum Gasteiger partial charge on any atom is -0.465 e. The van der Waals surface area contributed by atoms with Crippen molar-refractivity contribution in [1.82, 2.24) is 40.0 Å². The van der Waals surface area contributed by atoms with Gasteiger partial charge in [0.1, 0.15) is 23.7 Å². The molecule has 0 saturated carbocycles. The lowest BCUT2D eigenvalue weighted by Gasteiger charge is -2.41. The molecule has 3 fully saturated rings. The van der Waals surface area contributed by atoms with Crippen LogP contribution in [0.25, 0.3) is 33.6 Å². The van der Waals surface area contributed by atoms with Crippen molar-refractivity contribution < 1.29 is 33.8 Å². The fraction of sp³-hybridized carbons (Fsp3) is 0.500. The molecule has 0 radical (unpaired) electrons. The van der Waals surface area contributed by atoms with E-state index in [1.807, 2.05) is 69.3 Å². The molecule has 3 aliphatic heterocycles. The van der Waals surface area contributed by atoms with E-state index in [2.05, 4.69) is 39.6 Å². The molecule has 314 valence electrons. The van der Waals surface area contributed by atoms with E-state index < -0.39 is 24.3 Å². The van der Waals surface area contributed by atoms with Crippen LogP contribution in [0, 0.1) is 11.8 Å². The number of likely N-dealkylation sites (tertiary alicyclic amines) is 2. The number of alkyl carbamates (subject to hydrolysis) is 1. The van der Waals surface area contributed by atoms with E-state index in [9.17, 15) is 24.3 Å². The van der Waals surface area contributed by atoms with Crippen molar-refractivity contribution in [2.75, 3.05) is 33.4 Å². The maximum atomic E-state index is 14.2. The number of carbonyl (C=O) groups excluding carboxylic acids is 3. The standard InChI is InChI=1S/C44H56N8O7/c1-26(2)37(49-43(55)58-5)41(53)50-20-6-8-35(50)39-45-24-33(47-39)30-14-10-28(11-15-30)29-12-16-31(17-13-29)34-25-46-40(48-34)36-9-7-21-51(36)42(54)38(27(3)4)52(44(56)57)32-18-22-59-23-19-32/h10-17,24-27,32,35-38H,6-9,18-23H2,1-5H3,(H,45,47)(H,46,48)(H,49,55)(H,56,57)/t35-,36-,37-,38-/m0/s1. The minimum absolute atomic E-state index is 0.110. The number of aromatic amines is 2. The van der Waals surface area contributed by atoms with Crippen molar-refractivity contribution >= 4 is 24.0 Å². The second-order valence-corrected chi connectivity index (χ2v) is 16.5. The van der Waals surface area contributed by atoms with Crippen molar-refractivity contribution in [3.8, 4) is 33.6 Å². The van der Waals surface area contributed by atoms with Crippen molar-refractivity contribution in [2.24, 2.45) is 11.8 Å². The highest BCUT2D eigenvalue weighted by Crippen LogP contribution is 2.36. The summed E-state index contributed by atoms with van der Waals surface area (Å²) in [6.45, 7) is 9.74. The van der Waals surface area contributed by atoms with E-state index in [1.54, 1.807) is 4.90 Å². The first-order valence-corrected chi connectivity index (χ1v) is 20.8. The first-order chi connectivity index (χ1) is 28.4. The number of imidazole rings is 2. The Morgan fingerprint density at radius 3 is 1.66 bits per heavy atom. The van der Waals surface area contributed by atoms with Crippen LogP contribution in [0.4, 0.5) is 9.59 Å². The van der Waals surface area contributed by atoms with Crippen molar-refractivity contribution in [1.29, 1.82) is 0 Å². The first-order valence-electron chi connectivity index (χ1n) is 20.8. The molecule has 3 saturated heterocycles. The molecule has 4 N–H and O–H groups in total. The molecule has 15 nitrogen and oxygen atoms in total. The molecule has 4 atom stereocenters. The zero-order valence-corrected chi connectivity index (χ0v) is 34.5. The van der Waals surface area contributed by atoms with Gasteiger partial charge in [-0.15, -0.1) is 0 Å².